The van der Waals surface area contributed by atoms with Crippen molar-refractivity contribution >= 4 is 32.2 Å². The van der Waals surface area contributed by atoms with E-state index in [4.69, 9.17) is 4.74 Å². The Kier molecular flexibility index (Phi) is 6.41. The number of nitrogens with zero attached hydrogens (tertiary/aromatic N) is 3. The molecule has 0 radical (unpaired) electrons. The van der Waals surface area contributed by atoms with E-state index in [2.05, 4.69) is 10.3 Å². The Hall–Kier alpha value is -5.15. The molecule has 0 atom stereocenters. The number of hydrogen-bond donors (Lipinski definition) is 1. The third-order valence-electron chi connectivity index (χ3n) is 6.50. The molecule has 1 N–H and O–H groups in total. The summed E-state index contributed by atoms with van der Waals surface area (Å²) in [5.41, 5.74) is 1.70. The van der Waals surface area contributed by atoms with Crippen molar-refractivity contribution in [2.75, 3.05) is 12.4 Å². The van der Waals surface area contributed by atoms with E-state index in [9.17, 15) is 13.2 Å². The van der Waals surface area contributed by atoms with E-state index in [-0.39, 0.29) is 15.2 Å². The highest BCUT2D eigenvalue weighted by Crippen LogP contribution is 2.34. The van der Waals surface area contributed by atoms with Gasteiger partial charge in [-0.2, -0.15) is 0 Å². The first-order chi connectivity index (χ1) is 19.5. The highest BCUT2D eigenvalue weighted by atomic mass is 32.2. The number of rotatable bonds is 7. The molecule has 0 unspecified atom stereocenters. The zero-order valence-corrected chi connectivity index (χ0v) is 22.2. The smallest absolute Gasteiger partial charge is 0.280 e. The third kappa shape index (κ3) is 4.42. The van der Waals surface area contributed by atoms with E-state index in [0.29, 0.717) is 34.1 Å². The van der Waals surface area contributed by atoms with Gasteiger partial charge >= 0.3 is 0 Å². The molecule has 6 aromatic rings. The molecular formula is C31H24N4O4S. The largest absolute Gasteiger partial charge is 0.497 e. The van der Waals surface area contributed by atoms with Crippen LogP contribution in [0.15, 0.2) is 136 Å². The van der Waals surface area contributed by atoms with Crippen LogP contribution < -0.4 is 15.6 Å². The van der Waals surface area contributed by atoms with Gasteiger partial charge in [-0.3, -0.25) is 4.79 Å². The summed E-state index contributed by atoms with van der Waals surface area (Å²) in [6.45, 7) is 0. The number of para-hydroxylation sites is 2. The van der Waals surface area contributed by atoms with E-state index in [1.165, 1.54) is 30.0 Å². The zero-order valence-electron chi connectivity index (χ0n) is 21.4. The van der Waals surface area contributed by atoms with Crippen LogP contribution in [0.3, 0.4) is 0 Å². The zero-order chi connectivity index (χ0) is 27.7. The Morgan fingerprint density at radius 1 is 0.750 bits per heavy atom. The molecular weight excluding hydrogens is 524 g/mol. The molecule has 0 fully saturated rings. The molecule has 0 amide bonds. The molecule has 6 rings (SSSR count). The van der Waals surface area contributed by atoms with E-state index in [1.807, 2.05) is 66.7 Å². The SMILES string of the molecule is COc1cccc(S(=O)(=O)c2cc(Nc3ccccn3)cc3c2c(=O)n(-c2ccccc2)n3-c2ccccc2)c1. The van der Waals surface area contributed by atoms with Gasteiger partial charge in [-0.15, -0.1) is 0 Å². The van der Waals surface area contributed by atoms with Crippen LogP contribution in [0.4, 0.5) is 11.5 Å². The Morgan fingerprint density at radius 2 is 1.43 bits per heavy atom. The second-order valence-corrected chi connectivity index (χ2v) is 10.9. The minimum atomic E-state index is -4.17. The summed E-state index contributed by atoms with van der Waals surface area (Å²) in [5, 5.41) is 3.28. The molecule has 0 aliphatic rings. The summed E-state index contributed by atoms with van der Waals surface area (Å²) in [6, 6.07) is 33.4. The van der Waals surface area contributed by atoms with Crippen LogP contribution in [0.25, 0.3) is 22.3 Å². The normalized spacial score (nSPS) is 11.4. The first-order valence-corrected chi connectivity index (χ1v) is 14.0. The maximum Gasteiger partial charge on any atom is 0.280 e. The number of aromatic nitrogens is 3. The Balaban J connectivity index is 1.73. The molecule has 0 bridgehead atoms. The average molecular weight is 549 g/mol. The monoisotopic (exact) mass is 548 g/mol. The lowest BCUT2D eigenvalue weighted by Gasteiger charge is -2.14. The highest BCUT2D eigenvalue weighted by molar-refractivity contribution is 7.91. The molecule has 2 heterocycles. The molecule has 9 heteroatoms. The van der Waals surface area contributed by atoms with Gasteiger partial charge in [0.25, 0.3) is 5.56 Å². The van der Waals surface area contributed by atoms with E-state index >= 15 is 0 Å². The van der Waals surface area contributed by atoms with Gasteiger partial charge in [0, 0.05) is 11.9 Å². The van der Waals surface area contributed by atoms with Crippen molar-refractivity contribution in [1.29, 1.82) is 0 Å². The van der Waals surface area contributed by atoms with Crippen LogP contribution in [0.1, 0.15) is 0 Å². The quantitative estimate of drug-likeness (QED) is 0.273. The average Bonchev–Trinajstić information content (AvgIpc) is 3.30. The van der Waals surface area contributed by atoms with Gasteiger partial charge in [-0.05, 0) is 66.7 Å². The van der Waals surface area contributed by atoms with Crippen LogP contribution >= 0.6 is 0 Å². The predicted molar refractivity (Wildman–Crippen MR) is 155 cm³/mol. The van der Waals surface area contributed by atoms with Gasteiger partial charge in [0.2, 0.25) is 9.84 Å². The second-order valence-electron chi connectivity index (χ2n) is 8.99. The number of benzene rings is 4. The van der Waals surface area contributed by atoms with Gasteiger partial charge in [-0.1, -0.05) is 48.5 Å². The van der Waals surface area contributed by atoms with Crippen LogP contribution in [0, 0.1) is 0 Å². The van der Waals surface area contributed by atoms with Crippen molar-refractivity contribution in [3.05, 3.63) is 132 Å². The Morgan fingerprint density at radius 3 is 2.08 bits per heavy atom. The molecule has 2 aromatic heterocycles. The first kappa shape index (κ1) is 25.1. The van der Waals surface area contributed by atoms with Crippen molar-refractivity contribution in [3.8, 4) is 17.1 Å². The molecule has 0 saturated carbocycles. The fraction of sp³-hybridized carbons (Fsp3) is 0.0323. The van der Waals surface area contributed by atoms with Crippen molar-refractivity contribution in [2.45, 2.75) is 9.79 Å². The predicted octanol–water partition coefficient (Wildman–Crippen LogP) is 5.76. The number of pyridine rings is 1. The standard InChI is InChI=1S/C31H24N4O4S/c1-39-25-15-10-16-26(21-25)40(37,38)28-20-22(33-29-17-8-9-18-32-29)19-27-30(28)31(36)35(24-13-6-3-7-14-24)34(27)23-11-4-2-5-12-23/h2-21H,1H3,(H,32,33). The van der Waals surface area contributed by atoms with Gasteiger partial charge < -0.3 is 10.1 Å². The van der Waals surface area contributed by atoms with Crippen LogP contribution in [0.2, 0.25) is 0 Å². The lowest BCUT2D eigenvalue weighted by molar-refractivity contribution is 0.413. The van der Waals surface area contributed by atoms with Crippen molar-refractivity contribution in [1.82, 2.24) is 14.3 Å². The van der Waals surface area contributed by atoms with Gasteiger partial charge in [0.15, 0.2) is 0 Å². The summed E-state index contributed by atoms with van der Waals surface area (Å²) in [6.07, 6.45) is 1.64. The minimum Gasteiger partial charge on any atom is -0.497 e. The summed E-state index contributed by atoms with van der Waals surface area (Å²) in [7, 11) is -2.70. The van der Waals surface area contributed by atoms with Gasteiger partial charge in [0.1, 0.15) is 11.6 Å². The van der Waals surface area contributed by atoms with Crippen molar-refractivity contribution in [3.63, 3.8) is 0 Å². The second kappa shape index (κ2) is 10.2. The molecule has 0 aliphatic heterocycles. The molecule has 198 valence electrons. The molecule has 40 heavy (non-hydrogen) atoms. The number of ether oxygens (including phenoxy) is 1. The van der Waals surface area contributed by atoms with Crippen LogP contribution in [-0.2, 0) is 9.84 Å². The fourth-order valence-corrected chi connectivity index (χ4v) is 6.20. The van der Waals surface area contributed by atoms with E-state index < -0.39 is 15.4 Å². The van der Waals surface area contributed by atoms with E-state index in [0.717, 1.165) is 0 Å². The van der Waals surface area contributed by atoms with Gasteiger partial charge in [0.05, 0.1) is 39.2 Å². The molecule has 0 aliphatic carbocycles. The number of sulfone groups is 1. The number of hydrogen-bond acceptors (Lipinski definition) is 6. The summed E-state index contributed by atoms with van der Waals surface area (Å²) in [5.74, 6) is 0.923. The molecule has 0 spiro atoms. The summed E-state index contributed by atoms with van der Waals surface area (Å²) < 4.78 is 36.9. The Labute approximate surface area is 230 Å². The lowest BCUT2D eigenvalue weighted by atomic mass is 10.2. The summed E-state index contributed by atoms with van der Waals surface area (Å²) in [4.78, 5) is 18.5. The number of fused-ring (bicyclic) bond motifs is 1. The number of anilines is 2. The highest BCUT2D eigenvalue weighted by Gasteiger charge is 2.28. The molecule has 4 aromatic carbocycles. The lowest BCUT2D eigenvalue weighted by Crippen LogP contribution is -2.20. The van der Waals surface area contributed by atoms with Crippen molar-refractivity contribution < 1.29 is 13.2 Å². The number of nitrogens with one attached hydrogen (secondary N) is 1. The Bertz CT molecular complexity index is 1990. The maximum atomic E-state index is 14.2. The summed E-state index contributed by atoms with van der Waals surface area (Å²) >= 11 is 0. The third-order valence-corrected chi connectivity index (χ3v) is 8.27. The maximum absolute atomic E-state index is 14.2. The topological polar surface area (TPSA) is 95.2 Å². The fourth-order valence-electron chi connectivity index (χ4n) is 4.68. The van der Waals surface area contributed by atoms with Crippen LogP contribution in [0.5, 0.6) is 5.75 Å². The minimum absolute atomic E-state index is 0.0151. The number of methoxy groups -OCH3 is 1. The van der Waals surface area contributed by atoms with Crippen molar-refractivity contribution in [2.24, 2.45) is 0 Å². The van der Waals surface area contributed by atoms with Gasteiger partial charge in [-0.25, -0.2) is 22.8 Å². The molecule has 0 saturated heterocycles. The molecule has 8 nitrogen and oxygen atoms in total. The first-order valence-electron chi connectivity index (χ1n) is 12.5. The van der Waals surface area contributed by atoms with Crippen LogP contribution in [-0.4, -0.2) is 29.9 Å². The van der Waals surface area contributed by atoms with E-state index in [1.54, 1.807) is 41.2 Å².